The molecule has 0 aliphatic rings. The van der Waals surface area contributed by atoms with Crippen LogP contribution in [0.5, 0.6) is 5.75 Å². The second-order valence-corrected chi connectivity index (χ2v) is 3.53. The molecule has 0 spiro atoms. The van der Waals surface area contributed by atoms with Gasteiger partial charge in [0, 0.05) is 0 Å². The van der Waals surface area contributed by atoms with Gasteiger partial charge in [-0.05, 0) is 32.4 Å². The van der Waals surface area contributed by atoms with Crippen LogP contribution in [-0.4, -0.2) is 19.3 Å². The molecule has 78 valence electrons. The van der Waals surface area contributed by atoms with E-state index in [1.807, 2.05) is 45.0 Å². The van der Waals surface area contributed by atoms with Crippen LogP contribution in [0.3, 0.4) is 0 Å². The highest BCUT2D eigenvalue weighted by Gasteiger charge is 1.97. The normalized spacial score (nSPS) is 10.6. The molecule has 1 aromatic carbocycles. The molecule has 0 saturated heterocycles. The van der Waals surface area contributed by atoms with E-state index >= 15 is 0 Å². The summed E-state index contributed by atoms with van der Waals surface area (Å²) in [4.78, 5) is 0. The summed E-state index contributed by atoms with van der Waals surface area (Å²) in [6, 6.07) is 8.00. The largest absolute Gasteiger partial charge is 0.491 e. The number of para-hydroxylation sites is 1. The van der Waals surface area contributed by atoms with Crippen LogP contribution in [-0.2, 0) is 4.74 Å². The van der Waals surface area contributed by atoms with Crippen LogP contribution in [0.15, 0.2) is 24.3 Å². The average molecular weight is 194 g/mol. The van der Waals surface area contributed by atoms with Crippen LogP contribution in [0.25, 0.3) is 0 Å². The minimum Gasteiger partial charge on any atom is -0.491 e. The maximum Gasteiger partial charge on any atom is 0.122 e. The van der Waals surface area contributed by atoms with E-state index < -0.39 is 0 Å². The first-order valence-corrected chi connectivity index (χ1v) is 5.00. The third kappa shape index (κ3) is 3.79. The van der Waals surface area contributed by atoms with Gasteiger partial charge in [0.25, 0.3) is 0 Å². The summed E-state index contributed by atoms with van der Waals surface area (Å²) in [5.41, 5.74) is 1.16. The first-order chi connectivity index (χ1) is 6.70. The Hall–Kier alpha value is -1.02. The van der Waals surface area contributed by atoms with E-state index in [9.17, 15) is 0 Å². The summed E-state index contributed by atoms with van der Waals surface area (Å²) in [6.45, 7) is 7.34. The minimum atomic E-state index is 0.274. The van der Waals surface area contributed by atoms with Crippen LogP contribution in [0.2, 0.25) is 0 Å². The average Bonchev–Trinajstić information content (AvgIpc) is 2.15. The Kier molecular flexibility index (Phi) is 4.47. The maximum absolute atomic E-state index is 5.56. The summed E-state index contributed by atoms with van der Waals surface area (Å²) in [5, 5.41) is 0. The van der Waals surface area contributed by atoms with E-state index in [-0.39, 0.29) is 6.10 Å². The molecule has 0 fully saturated rings. The molecule has 0 amide bonds. The van der Waals surface area contributed by atoms with Crippen molar-refractivity contribution in [3.63, 3.8) is 0 Å². The van der Waals surface area contributed by atoms with Gasteiger partial charge in [0.05, 0.1) is 12.7 Å². The lowest BCUT2D eigenvalue weighted by Gasteiger charge is -2.10. The maximum atomic E-state index is 5.56. The molecule has 0 aliphatic carbocycles. The molecule has 0 bridgehead atoms. The van der Waals surface area contributed by atoms with Crippen molar-refractivity contribution in [2.75, 3.05) is 13.2 Å². The lowest BCUT2D eigenvalue weighted by Crippen LogP contribution is -2.11. The first-order valence-electron chi connectivity index (χ1n) is 5.00. The monoisotopic (exact) mass is 194 g/mol. The second kappa shape index (κ2) is 5.66. The highest BCUT2D eigenvalue weighted by Crippen LogP contribution is 2.15. The van der Waals surface area contributed by atoms with Gasteiger partial charge in [-0.3, -0.25) is 0 Å². The van der Waals surface area contributed by atoms with Crippen molar-refractivity contribution in [3.8, 4) is 5.75 Å². The number of rotatable bonds is 5. The van der Waals surface area contributed by atoms with E-state index in [0.717, 1.165) is 11.3 Å². The van der Waals surface area contributed by atoms with Crippen LogP contribution in [0.1, 0.15) is 19.4 Å². The molecule has 1 aromatic rings. The molecule has 0 aromatic heterocycles. The molecule has 0 N–H and O–H groups in total. The topological polar surface area (TPSA) is 18.5 Å². The summed E-state index contributed by atoms with van der Waals surface area (Å²) < 4.78 is 10.9. The van der Waals surface area contributed by atoms with Gasteiger partial charge in [0.2, 0.25) is 0 Å². The highest BCUT2D eigenvalue weighted by atomic mass is 16.5. The minimum absolute atomic E-state index is 0.274. The SMILES string of the molecule is Cc1ccccc1OCCOC(C)C. The quantitative estimate of drug-likeness (QED) is 0.671. The molecule has 0 aliphatic heterocycles. The fraction of sp³-hybridized carbons (Fsp3) is 0.500. The Bertz CT molecular complexity index is 269. The molecule has 2 heteroatoms. The summed E-state index contributed by atoms with van der Waals surface area (Å²) >= 11 is 0. The third-order valence-corrected chi connectivity index (χ3v) is 1.89. The lowest BCUT2D eigenvalue weighted by molar-refractivity contribution is 0.0551. The smallest absolute Gasteiger partial charge is 0.122 e. The van der Waals surface area contributed by atoms with E-state index in [2.05, 4.69) is 0 Å². The second-order valence-electron chi connectivity index (χ2n) is 3.53. The summed E-state index contributed by atoms with van der Waals surface area (Å²) in [5.74, 6) is 0.944. The fourth-order valence-corrected chi connectivity index (χ4v) is 1.15. The van der Waals surface area contributed by atoms with Crippen molar-refractivity contribution in [1.29, 1.82) is 0 Å². The van der Waals surface area contributed by atoms with Gasteiger partial charge < -0.3 is 9.47 Å². The van der Waals surface area contributed by atoms with Crippen molar-refractivity contribution < 1.29 is 9.47 Å². The van der Waals surface area contributed by atoms with Gasteiger partial charge in [-0.1, -0.05) is 18.2 Å². The van der Waals surface area contributed by atoms with E-state index in [1.54, 1.807) is 0 Å². The van der Waals surface area contributed by atoms with Crippen LogP contribution in [0.4, 0.5) is 0 Å². The van der Waals surface area contributed by atoms with Crippen LogP contribution < -0.4 is 4.74 Å². The number of ether oxygens (including phenoxy) is 2. The molecule has 0 heterocycles. The summed E-state index contributed by atoms with van der Waals surface area (Å²) in [7, 11) is 0. The predicted octanol–water partition coefficient (Wildman–Crippen LogP) is 2.80. The lowest BCUT2D eigenvalue weighted by atomic mass is 10.2. The van der Waals surface area contributed by atoms with E-state index in [1.165, 1.54) is 0 Å². The van der Waals surface area contributed by atoms with Crippen molar-refractivity contribution in [2.24, 2.45) is 0 Å². The van der Waals surface area contributed by atoms with Crippen molar-refractivity contribution >= 4 is 0 Å². The summed E-state index contributed by atoms with van der Waals surface area (Å²) in [6.07, 6.45) is 0.274. The van der Waals surface area contributed by atoms with Gasteiger partial charge in [0.15, 0.2) is 0 Å². The van der Waals surface area contributed by atoms with Crippen LogP contribution in [0, 0.1) is 6.92 Å². The Morgan fingerprint density at radius 1 is 1.14 bits per heavy atom. The first kappa shape index (κ1) is 11.1. The Labute approximate surface area is 85.8 Å². The van der Waals surface area contributed by atoms with Gasteiger partial charge in [0.1, 0.15) is 12.4 Å². The van der Waals surface area contributed by atoms with Gasteiger partial charge in [-0.25, -0.2) is 0 Å². The Balaban J connectivity index is 2.28. The molecule has 0 unspecified atom stereocenters. The van der Waals surface area contributed by atoms with Crippen LogP contribution >= 0.6 is 0 Å². The number of benzene rings is 1. The Morgan fingerprint density at radius 3 is 2.50 bits per heavy atom. The third-order valence-electron chi connectivity index (χ3n) is 1.89. The fourth-order valence-electron chi connectivity index (χ4n) is 1.15. The van der Waals surface area contributed by atoms with Gasteiger partial charge in [-0.2, -0.15) is 0 Å². The molecular formula is C12H18O2. The van der Waals surface area contributed by atoms with Gasteiger partial charge >= 0.3 is 0 Å². The molecule has 2 nitrogen and oxygen atoms in total. The zero-order valence-corrected chi connectivity index (χ0v) is 9.12. The van der Waals surface area contributed by atoms with Crippen molar-refractivity contribution in [2.45, 2.75) is 26.9 Å². The predicted molar refractivity (Wildman–Crippen MR) is 57.8 cm³/mol. The number of aryl methyl sites for hydroxylation is 1. The molecule has 1 rings (SSSR count). The Morgan fingerprint density at radius 2 is 1.86 bits per heavy atom. The molecular weight excluding hydrogens is 176 g/mol. The van der Waals surface area contributed by atoms with Crippen molar-refractivity contribution in [1.82, 2.24) is 0 Å². The van der Waals surface area contributed by atoms with E-state index in [0.29, 0.717) is 13.2 Å². The zero-order chi connectivity index (χ0) is 10.4. The number of hydrogen-bond donors (Lipinski definition) is 0. The van der Waals surface area contributed by atoms with Gasteiger partial charge in [-0.15, -0.1) is 0 Å². The highest BCUT2D eigenvalue weighted by molar-refractivity contribution is 5.31. The zero-order valence-electron chi connectivity index (χ0n) is 9.12. The number of hydrogen-bond acceptors (Lipinski definition) is 2. The molecule has 14 heavy (non-hydrogen) atoms. The van der Waals surface area contributed by atoms with E-state index in [4.69, 9.17) is 9.47 Å². The van der Waals surface area contributed by atoms with Crippen molar-refractivity contribution in [3.05, 3.63) is 29.8 Å². The molecule has 0 radical (unpaired) electrons. The molecule has 0 saturated carbocycles. The molecule has 0 atom stereocenters. The standard InChI is InChI=1S/C12H18O2/c1-10(2)13-8-9-14-12-7-5-4-6-11(12)3/h4-7,10H,8-9H2,1-3H3.